The predicted molar refractivity (Wildman–Crippen MR) is 83.4 cm³/mol. The fourth-order valence-corrected chi connectivity index (χ4v) is 2.96. The van der Waals surface area contributed by atoms with Gasteiger partial charge in [-0.3, -0.25) is 4.68 Å². The van der Waals surface area contributed by atoms with Crippen molar-refractivity contribution in [2.24, 2.45) is 7.05 Å². The van der Waals surface area contributed by atoms with Gasteiger partial charge in [-0.1, -0.05) is 37.3 Å². The number of aliphatic hydroxyl groups is 1. The van der Waals surface area contributed by atoms with Crippen LogP contribution in [0.4, 0.5) is 0 Å². The number of hydrogen-bond donors (Lipinski definition) is 2. The summed E-state index contributed by atoms with van der Waals surface area (Å²) in [7, 11) is 1.94. The van der Waals surface area contributed by atoms with Crippen molar-refractivity contribution in [3.63, 3.8) is 0 Å². The van der Waals surface area contributed by atoms with Crippen LogP contribution < -0.4 is 5.32 Å². The normalized spacial score (nSPS) is 12.6. The minimum absolute atomic E-state index is 0.0666. The molecule has 0 saturated carbocycles. The highest BCUT2D eigenvalue weighted by molar-refractivity contribution is 9.10. The number of aromatic nitrogens is 2. The van der Waals surface area contributed by atoms with Crippen LogP contribution in [0.1, 0.15) is 29.9 Å². The maximum Gasteiger partial charge on any atom is 0.0767 e. The highest BCUT2D eigenvalue weighted by atomic mass is 79.9. The summed E-state index contributed by atoms with van der Waals surface area (Å²) in [5.74, 6) is 0. The van der Waals surface area contributed by atoms with Gasteiger partial charge >= 0.3 is 0 Å². The van der Waals surface area contributed by atoms with Gasteiger partial charge in [0.05, 0.1) is 28.5 Å². The third-order valence-electron chi connectivity index (χ3n) is 3.40. The first-order chi connectivity index (χ1) is 9.67. The Morgan fingerprint density at radius 3 is 2.60 bits per heavy atom. The number of aliphatic hydroxyl groups excluding tert-OH is 1. The second kappa shape index (κ2) is 7.02. The minimum atomic E-state index is -0.0666. The van der Waals surface area contributed by atoms with E-state index in [4.69, 9.17) is 0 Å². The Labute approximate surface area is 127 Å². The number of benzene rings is 1. The summed E-state index contributed by atoms with van der Waals surface area (Å²) in [5, 5.41) is 17.4. The van der Waals surface area contributed by atoms with Crippen LogP contribution in [0.2, 0.25) is 0 Å². The Kier molecular flexibility index (Phi) is 5.34. The lowest BCUT2D eigenvalue weighted by atomic mass is 10.1. The molecule has 0 aliphatic carbocycles. The molecule has 0 saturated heterocycles. The molecule has 1 aromatic carbocycles. The zero-order chi connectivity index (χ0) is 14.5. The largest absolute Gasteiger partial charge is 0.394 e. The van der Waals surface area contributed by atoms with Crippen LogP contribution in [0.25, 0.3) is 0 Å². The van der Waals surface area contributed by atoms with Crippen LogP contribution in [-0.2, 0) is 20.0 Å². The molecule has 0 aliphatic rings. The summed E-state index contributed by atoms with van der Waals surface area (Å²) in [6.45, 7) is 2.81. The summed E-state index contributed by atoms with van der Waals surface area (Å²) in [6.07, 6.45) is 0.899. The van der Waals surface area contributed by atoms with Crippen LogP contribution in [0, 0.1) is 0 Å². The zero-order valence-corrected chi connectivity index (χ0v) is 13.4. The molecule has 0 spiro atoms. The van der Waals surface area contributed by atoms with E-state index >= 15 is 0 Å². The van der Waals surface area contributed by atoms with Crippen LogP contribution >= 0.6 is 15.9 Å². The van der Waals surface area contributed by atoms with Gasteiger partial charge in [0.15, 0.2) is 0 Å². The average Bonchev–Trinajstić information content (AvgIpc) is 2.76. The Balaban J connectivity index is 2.09. The Hall–Kier alpha value is -1.17. The lowest BCUT2D eigenvalue weighted by Crippen LogP contribution is -2.25. The second-order valence-corrected chi connectivity index (χ2v) is 5.50. The van der Waals surface area contributed by atoms with Gasteiger partial charge in [0.1, 0.15) is 0 Å². The first-order valence-corrected chi connectivity index (χ1v) is 7.56. The van der Waals surface area contributed by atoms with Crippen LogP contribution in [-0.4, -0.2) is 21.5 Å². The van der Waals surface area contributed by atoms with Gasteiger partial charge in [-0.25, -0.2) is 0 Å². The third-order valence-corrected chi connectivity index (χ3v) is 4.32. The standard InChI is InChI=1S/C15H20BrN3O/c1-3-12-15(16)14(19(2)18-12)9-17-13(10-20)11-7-5-4-6-8-11/h4-8,13,17,20H,3,9-10H2,1-2H3. The number of nitrogens with one attached hydrogen (secondary N) is 1. The molecule has 0 fully saturated rings. The molecule has 5 heteroatoms. The summed E-state index contributed by atoms with van der Waals surface area (Å²) >= 11 is 3.60. The van der Waals surface area contributed by atoms with Gasteiger partial charge in [-0.15, -0.1) is 0 Å². The summed E-state index contributed by atoms with van der Waals surface area (Å²) in [4.78, 5) is 0. The minimum Gasteiger partial charge on any atom is -0.394 e. The fourth-order valence-electron chi connectivity index (χ4n) is 2.20. The molecule has 2 aromatic rings. The Morgan fingerprint density at radius 2 is 2.05 bits per heavy atom. The van der Waals surface area contributed by atoms with E-state index < -0.39 is 0 Å². The molecular formula is C15H20BrN3O. The molecule has 1 unspecified atom stereocenters. The zero-order valence-electron chi connectivity index (χ0n) is 11.8. The Morgan fingerprint density at radius 1 is 1.35 bits per heavy atom. The molecule has 20 heavy (non-hydrogen) atoms. The molecule has 108 valence electrons. The van der Waals surface area contributed by atoms with E-state index in [9.17, 15) is 5.11 Å². The number of aryl methyl sites for hydroxylation is 2. The lowest BCUT2D eigenvalue weighted by molar-refractivity contribution is 0.243. The van der Waals surface area contributed by atoms with E-state index in [0.717, 1.165) is 27.8 Å². The molecule has 2 rings (SSSR count). The maximum absolute atomic E-state index is 9.55. The molecule has 0 radical (unpaired) electrons. The van der Waals surface area contributed by atoms with E-state index in [0.29, 0.717) is 6.54 Å². The van der Waals surface area contributed by atoms with Gasteiger partial charge in [-0.2, -0.15) is 5.10 Å². The molecule has 2 N–H and O–H groups in total. The fraction of sp³-hybridized carbons (Fsp3) is 0.400. The van der Waals surface area contributed by atoms with Crippen LogP contribution in [0.5, 0.6) is 0 Å². The number of nitrogens with zero attached hydrogens (tertiary/aromatic N) is 2. The van der Waals surface area contributed by atoms with Crippen molar-refractivity contribution in [3.05, 3.63) is 51.8 Å². The van der Waals surface area contributed by atoms with Crippen molar-refractivity contribution < 1.29 is 5.11 Å². The van der Waals surface area contributed by atoms with Crippen LogP contribution in [0.3, 0.4) is 0 Å². The van der Waals surface area contributed by atoms with Crippen molar-refractivity contribution in [1.29, 1.82) is 0 Å². The third kappa shape index (κ3) is 3.29. The first-order valence-electron chi connectivity index (χ1n) is 6.76. The van der Waals surface area contributed by atoms with E-state index in [-0.39, 0.29) is 12.6 Å². The summed E-state index contributed by atoms with van der Waals surface area (Å²) < 4.78 is 2.94. The molecule has 0 bridgehead atoms. The predicted octanol–water partition coefficient (Wildman–Crippen LogP) is 2.57. The second-order valence-electron chi connectivity index (χ2n) is 4.71. The van der Waals surface area contributed by atoms with Crippen LogP contribution in [0.15, 0.2) is 34.8 Å². The van der Waals surface area contributed by atoms with Crippen molar-refractivity contribution in [2.75, 3.05) is 6.61 Å². The van der Waals surface area contributed by atoms with Crippen molar-refractivity contribution in [3.8, 4) is 0 Å². The monoisotopic (exact) mass is 337 g/mol. The van der Waals surface area contributed by atoms with Crippen molar-refractivity contribution in [1.82, 2.24) is 15.1 Å². The lowest BCUT2D eigenvalue weighted by Gasteiger charge is -2.17. The number of halogens is 1. The Bertz CT molecular complexity index is 554. The van der Waals surface area contributed by atoms with Gasteiger partial charge in [0.25, 0.3) is 0 Å². The quantitative estimate of drug-likeness (QED) is 0.851. The van der Waals surface area contributed by atoms with Gasteiger partial charge in [0, 0.05) is 13.6 Å². The maximum atomic E-state index is 9.55. The molecule has 1 atom stereocenters. The smallest absolute Gasteiger partial charge is 0.0767 e. The van der Waals surface area contributed by atoms with Gasteiger partial charge in [0.2, 0.25) is 0 Å². The van der Waals surface area contributed by atoms with Crippen molar-refractivity contribution >= 4 is 15.9 Å². The highest BCUT2D eigenvalue weighted by Crippen LogP contribution is 2.22. The SMILES string of the molecule is CCc1nn(C)c(CNC(CO)c2ccccc2)c1Br. The number of hydrogen-bond acceptors (Lipinski definition) is 3. The molecule has 4 nitrogen and oxygen atoms in total. The summed E-state index contributed by atoms with van der Waals surface area (Å²) in [6, 6.07) is 9.91. The van der Waals surface area contributed by atoms with Gasteiger partial charge in [-0.05, 0) is 27.9 Å². The molecule has 0 aliphatic heterocycles. The van der Waals surface area contributed by atoms with E-state index in [2.05, 4.69) is 33.3 Å². The first kappa shape index (κ1) is 15.2. The van der Waals surface area contributed by atoms with E-state index in [1.807, 2.05) is 42.1 Å². The average molecular weight is 338 g/mol. The highest BCUT2D eigenvalue weighted by Gasteiger charge is 2.15. The molecule has 0 amide bonds. The topological polar surface area (TPSA) is 50.1 Å². The van der Waals surface area contributed by atoms with E-state index in [1.165, 1.54) is 0 Å². The van der Waals surface area contributed by atoms with Crippen molar-refractivity contribution in [2.45, 2.75) is 25.9 Å². The molecule has 1 heterocycles. The number of rotatable bonds is 6. The molecule has 1 aromatic heterocycles. The molecular weight excluding hydrogens is 318 g/mol. The summed E-state index contributed by atoms with van der Waals surface area (Å²) in [5.41, 5.74) is 3.24. The van der Waals surface area contributed by atoms with Gasteiger partial charge < -0.3 is 10.4 Å². The van der Waals surface area contributed by atoms with E-state index in [1.54, 1.807) is 0 Å².